The second kappa shape index (κ2) is 6.79. The van der Waals surface area contributed by atoms with Crippen molar-refractivity contribution < 1.29 is 10.2 Å². The smallest absolute Gasteiger partial charge is 0.199 e. The van der Waals surface area contributed by atoms with E-state index in [0.717, 1.165) is 48.2 Å². The fourth-order valence-electron chi connectivity index (χ4n) is 4.59. The lowest BCUT2D eigenvalue weighted by Crippen LogP contribution is -2.30. The molecule has 0 saturated carbocycles. The highest BCUT2D eigenvalue weighted by molar-refractivity contribution is 7.08. The number of fused-ring (bicyclic) bond motifs is 3. The molecule has 1 fully saturated rings. The Morgan fingerprint density at radius 3 is 2.71 bits per heavy atom. The second-order valence-electron chi connectivity index (χ2n) is 7.57. The average molecular weight is 394 g/mol. The Kier molecular flexibility index (Phi) is 4.25. The zero-order valence-electron chi connectivity index (χ0n) is 15.7. The number of aromatic nitrogens is 2. The van der Waals surface area contributed by atoms with Gasteiger partial charge in [-0.25, -0.2) is 0 Å². The summed E-state index contributed by atoms with van der Waals surface area (Å²) in [5.74, 6) is 0.357. The van der Waals surface area contributed by atoms with Crippen LogP contribution in [-0.4, -0.2) is 31.2 Å². The minimum Gasteiger partial charge on any atom is -0.494 e. The highest BCUT2D eigenvalue weighted by Crippen LogP contribution is 2.54. The van der Waals surface area contributed by atoms with Gasteiger partial charge in [0.05, 0.1) is 11.7 Å². The molecule has 0 spiro atoms. The number of aromatic hydroxyl groups is 2. The van der Waals surface area contributed by atoms with E-state index in [4.69, 9.17) is 0 Å². The molecule has 5 nitrogen and oxygen atoms in total. The van der Waals surface area contributed by atoms with Crippen molar-refractivity contribution in [2.75, 3.05) is 6.54 Å². The van der Waals surface area contributed by atoms with Crippen molar-refractivity contribution in [1.29, 1.82) is 0 Å². The summed E-state index contributed by atoms with van der Waals surface area (Å²) in [7, 11) is 1.71. The van der Waals surface area contributed by atoms with Crippen LogP contribution in [0.2, 0.25) is 0 Å². The topological polar surface area (TPSA) is 61.5 Å². The first kappa shape index (κ1) is 17.5. The first-order chi connectivity index (χ1) is 13.6. The van der Waals surface area contributed by atoms with Gasteiger partial charge in [-0.15, -0.1) is 0 Å². The molecule has 2 N–H and O–H groups in total. The molecule has 0 unspecified atom stereocenters. The van der Waals surface area contributed by atoms with Crippen LogP contribution in [0.1, 0.15) is 48.2 Å². The van der Waals surface area contributed by atoms with Gasteiger partial charge in [0.1, 0.15) is 0 Å². The molecule has 6 heteroatoms. The van der Waals surface area contributed by atoms with Gasteiger partial charge in [0.2, 0.25) is 0 Å². The third-order valence-electron chi connectivity index (χ3n) is 6.03. The molecule has 0 aromatic carbocycles. The van der Waals surface area contributed by atoms with Crippen molar-refractivity contribution in [3.8, 4) is 22.9 Å². The van der Waals surface area contributed by atoms with Crippen LogP contribution in [0.25, 0.3) is 17.2 Å². The molecule has 144 valence electrons. The number of piperidine rings is 1. The molecule has 0 aliphatic carbocycles. The first-order valence-corrected chi connectivity index (χ1v) is 10.6. The van der Waals surface area contributed by atoms with Crippen LogP contribution in [0.4, 0.5) is 0 Å². The molecule has 2 aliphatic rings. The van der Waals surface area contributed by atoms with E-state index in [1.165, 1.54) is 10.1 Å². The van der Waals surface area contributed by atoms with Crippen LogP contribution in [0.15, 0.2) is 41.2 Å². The molecule has 2 aliphatic heterocycles. The van der Waals surface area contributed by atoms with Gasteiger partial charge in [-0.2, -0.15) is 11.3 Å². The Hall–Kier alpha value is -2.57. The molecule has 0 bridgehead atoms. The molecular weight excluding hydrogens is 370 g/mol. The van der Waals surface area contributed by atoms with Gasteiger partial charge in [0, 0.05) is 36.0 Å². The minimum absolute atomic E-state index is 0.0363. The van der Waals surface area contributed by atoms with E-state index < -0.39 is 0 Å². The SMILES string of the molecule is Cn1c(O)c2c(c1O)[C@@H]1CCCCN1[C@H]2/C=C/c1ccc(-c2ccsc2)cn1. The van der Waals surface area contributed by atoms with Crippen molar-refractivity contribution in [3.63, 3.8) is 0 Å². The zero-order chi connectivity index (χ0) is 19.3. The third-order valence-corrected chi connectivity index (χ3v) is 6.71. The zero-order valence-corrected chi connectivity index (χ0v) is 16.6. The number of hydrogen-bond donors (Lipinski definition) is 2. The van der Waals surface area contributed by atoms with Crippen molar-refractivity contribution in [1.82, 2.24) is 14.5 Å². The monoisotopic (exact) mass is 393 g/mol. The predicted octanol–water partition coefficient (Wildman–Crippen LogP) is 4.85. The molecule has 2 atom stereocenters. The molecule has 0 amide bonds. The fraction of sp³-hybridized carbons (Fsp3) is 0.318. The Morgan fingerprint density at radius 2 is 1.96 bits per heavy atom. The van der Waals surface area contributed by atoms with Crippen molar-refractivity contribution >= 4 is 17.4 Å². The number of rotatable bonds is 3. The highest BCUT2D eigenvalue weighted by Gasteiger charge is 2.44. The second-order valence-corrected chi connectivity index (χ2v) is 8.35. The van der Waals surface area contributed by atoms with Crippen molar-refractivity contribution in [3.05, 3.63) is 58.1 Å². The summed E-state index contributed by atoms with van der Waals surface area (Å²) >= 11 is 1.68. The van der Waals surface area contributed by atoms with Crippen molar-refractivity contribution in [2.45, 2.75) is 31.3 Å². The molecule has 0 radical (unpaired) electrons. The Bertz CT molecular complexity index is 1020. The molecule has 3 aromatic heterocycles. The normalized spacial score (nSPS) is 21.9. The number of pyridine rings is 1. The molecule has 28 heavy (non-hydrogen) atoms. The van der Waals surface area contributed by atoms with Gasteiger partial charge in [0.25, 0.3) is 0 Å². The van der Waals surface area contributed by atoms with E-state index in [0.29, 0.717) is 0 Å². The van der Waals surface area contributed by atoms with Gasteiger partial charge < -0.3 is 10.2 Å². The quantitative estimate of drug-likeness (QED) is 0.667. The van der Waals surface area contributed by atoms with E-state index in [1.54, 1.807) is 18.4 Å². The number of nitrogens with zero attached hydrogens (tertiary/aromatic N) is 3. The van der Waals surface area contributed by atoms with Crippen LogP contribution in [-0.2, 0) is 7.05 Å². The van der Waals surface area contributed by atoms with Crippen LogP contribution in [0.3, 0.4) is 0 Å². The number of thiophene rings is 1. The lowest BCUT2D eigenvalue weighted by molar-refractivity contribution is 0.138. The molecular formula is C22H23N3O2S. The van der Waals surface area contributed by atoms with E-state index in [1.807, 2.05) is 18.3 Å². The van der Waals surface area contributed by atoms with Crippen LogP contribution >= 0.6 is 11.3 Å². The summed E-state index contributed by atoms with van der Waals surface area (Å²) in [6, 6.07) is 6.35. The summed E-state index contributed by atoms with van der Waals surface area (Å²) < 4.78 is 1.49. The Morgan fingerprint density at radius 1 is 1.11 bits per heavy atom. The fourth-order valence-corrected chi connectivity index (χ4v) is 5.25. The first-order valence-electron chi connectivity index (χ1n) is 9.68. The summed E-state index contributed by atoms with van der Waals surface area (Å²) in [6.07, 6.45) is 9.34. The maximum atomic E-state index is 10.6. The van der Waals surface area contributed by atoms with Crippen LogP contribution < -0.4 is 0 Å². The van der Waals surface area contributed by atoms with Gasteiger partial charge in [-0.3, -0.25) is 14.5 Å². The van der Waals surface area contributed by atoms with Gasteiger partial charge in [-0.05, 0) is 53.9 Å². The maximum absolute atomic E-state index is 10.6. The highest BCUT2D eigenvalue weighted by atomic mass is 32.1. The van der Waals surface area contributed by atoms with Gasteiger partial charge >= 0.3 is 0 Å². The van der Waals surface area contributed by atoms with E-state index in [9.17, 15) is 10.2 Å². The van der Waals surface area contributed by atoms with Gasteiger partial charge in [-0.1, -0.05) is 18.6 Å². The largest absolute Gasteiger partial charge is 0.494 e. The number of hydrogen-bond acceptors (Lipinski definition) is 5. The summed E-state index contributed by atoms with van der Waals surface area (Å²) in [6.45, 7) is 0.974. The van der Waals surface area contributed by atoms with Crippen LogP contribution in [0, 0.1) is 0 Å². The third kappa shape index (κ3) is 2.67. The van der Waals surface area contributed by atoms with Crippen molar-refractivity contribution in [2.24, 2.45) is 7.05 Å². The maximum Gasteiger partial charge on any atom is 0.199 e. The molecule has 5 heterocycles. The van der Waals surface area contributed by atoms with Gasteiger partial charge in [0.15, 0.2) is 11.8 Å². The summed E-state index contributed by atoms with van der Waals surface area (Å²) in [5.41, 5.74) is 4.94. The standard InChI is InChI=1S/C22H23N3O2S/c1-24-21(26)19-17-4-2-3-10-25(17)18(20(19)22(24)27)8-7-16-6-5-14(12-23-16)15-9-11-28-13-15/h5-9,11-13,17-18,26-27H,2-4,10H2,1H3/b8-7+/t17-,18-/m0/s1. The predicted molar refractivity (Wildman–Crippen MR) is 111 cm³/mol. The molecule has 3 aromatic rings. The summed E-state index contributed by atoms with van der Waals surface area (Å²) in [5, 5.41) is 25.4. The van der Waals surface area contributed by atoms with E-state index >= 15 is 0 Å². The molecule has 5 rings (SSSR count). The Balaban J connectivity index is 1.47. The van der Waals surface area contributed by atoms with Crippen LogP contribution in [0.5, 0.6) is 11.8 Å². The average Bonchev–Trinajstić information content (AvgIpc) is 3.42. The lowest BCUT2D eigenvalue weighted by atomic mass is 9.99. The minimum atomic E-state index is -0.0363. The molecule has 1 saturated heterocycles. The Labute approximate surface area is 168 Å². The lowest BCUT2D eigenvalue weighted by Gasteiger charge is -2.33. The summed E-state index contributed by atoms with van der Waals surface area (Å²) in [4.78, 5) is 6.98. The van der Waals surface area contributed by atoms with E-state index in [2.05, 4.69) is 38.9 Å². The van der Waals surface area contributed by atoms with E-state index in [-0.39, 0.29) is 23.8 Å².